The Hall–Kier alpha value is -3.15. The molecule has 59 heavy (non-hydrogen) atoms. The minimum absolute atomic E-state index is 0.0877. The predicted octanol–water partition coefficient (Wildman–Crippen LogP) is 15.9. The molecule has 0 aliphatic rings. The summed E-state index contributed by atoms with van der Waals surface area (Å²) in [5.41, 5.74) is 0. The highest BCUT2D eigenvalue weighted by Gasteiger charge is 2.19. The summed E-state index contributed by atoms with van der Waals surface area (Å²) in [5, 5.41) is 0. The van der Waals surface area contributed by atoms with Crippen molar-refractivity contribution in [1.82, 2.24) is 0 Å². The number of ether oxygens (including phenoxy) is 3. The highest BCUT2D eigenvalue weighted by Crippen LogP contribution is 2.14. The van der Waals surface area contributed by atoms with Crippen LogP contribution in [-0.4, -0.2) is 37.2 Å². The zero-order valence-electron chi connectivity index (χ0n) is 38.5. The molecule has 0 fully saturated rings. The van der Waals surface area contributed by atoms with E-state index < -0.39 is 6.10 Å². The van der Waals surface area contributed by atoms with Crippen LogP contribution >= 0.6 is 0 Å². The number of hydrogen-bond acceptors (Lipinski definition) is 6. The lowest BCUT2D eigenvalue weighted by Crippen LogP contribution is -2.30. The molecular weight excluding hydrogens is 733 g/mol. The molecule has 1 atom stereocenters. The van der Waals surface area contributed by atoms with Crippen molar-refractivity contribution in [2.45, 2.75) is 232 Å². The molecule has 0 aromatic carbocycles. The van der Waals surface area contributed by atoms with E-state index in [1.165, 1.54) is 89.9 Å². The summed E-state index contributed by atoms with van der Waals surface area (Å²) in [4.78, 5) is 37.7. The summed E-state index contributed by atoms with van der Waals surface area (Å²) in [6.07, 6.45) is 59.0. The normalized spacial score (nSPS) is 12.7. The number of hydrogen-bond donors (Lipinski definition) is 0. The summed E-state index contributed by atoms with van der Waals surface area (Å²) in [6, 6.07) is 0. The summed E-state index contributed by atoms with van der Waals surface area (Å²) < 4.78 is 16.7. The van der Waals surface area contributed by atoms with Gasteiger partial charge in [-0.1, -0.05) is 209 Å². The van der Waals surface area contributed by atoms with Crippen molar-refractivity contribution in [3.05, 3.63) is 72.9 Å². The van der Waals surface area contributed by atoms with Crippen LogP contribution in [0.15, 0.2) is 72.9 Å². The Labute approximate surface area is 363 Å². The average Bonchev–Trinajstić information content (AvgIpc) is 3.23. The lowest BCUT2D eigenvalue weighted by atomic mass is 10.0. The van der Waals surface area contributed by atoms with Crippen LogP contribution in [0.25, 0.3) is 0 Å². The predicted molar refractivity (Wildman–Crippen MR) is 251 cm³/mol. The van der Waals surface area contributed by atoms with E-state index in [9.17, 15) is 14.4 Å². The van der Waals surface area contributed by atoms with Gasteiger partial charge >= 0.3 is 17.9 Å². The molecule has 0 saturated carbocycles. The molecule has 0 bridgehead atoms. The Bertz CT molecular complexity index is 1130. The summed E-state index contributed by atoms with van der Waals surface area (Å²) in [7, 11) is 0. The Morgan fingerprint density at radius 2 is 0.661 bits per heavy atom. The first-order chi connectivity index (χ1) is 29.0. The van der Waals surface area contributed by atoms with Gasteiger partial charge in [0.1, 0.15) is 13.2 Å². The first-order valence-electron chi connectivity index (χ1n) is 24.4. The van der Waals surface area contributed by atoms with Gasteiger partial charge in [0.25, 0.3) is 0 Å². The highest BCUT2D eigenvalue weighted by molar-refractivity contribution is 5.71. The molecule has 338 valence electrons. The van der Waals surface area contributed by atoms with Crippen LogP contribution in [0.2, 0.25) is 0 Å². The number of allylic oxidation sites excluding steroid dienone is 12. The monoisotopic (exact) mass is 823 g/mol. The molecule has 6 heteroatoms. The van der Waals surface area contributed by atoms with Crippen LogP contribution in [0.5, 0.6) is 0 Å². The third-order valence-corrected chi connectivity index (χ3v) is 10.2. The fourth-order valence-corrected chi connectivity index (χ4v) is 6.56. The van der Waals surface area contributed by atoms with Crippen LogP contribution in [0.1, 0.15) is 226 Å². The van der Waals surface area contributed by atoms with Crippen LogP contribution in [-0.2, 0) is 28.6 Å². The first-order valence-corrected chi connectivity index (χ1v) is 24.4. The SMILES string of the molecule is CC/C=C\C/C=C\C/C=C\C/C=C\C/C=C\C/C=C\CCCCC(=O)OCC(COC(=O)CCCCCCCCC)OC(=O)CCCCCCCCCCCCCCC. The lowest BCUT2D eigenvalue weighted by Gasteiger charge is -2.18. The van der Waals surface area contributed by atoms with Crippen LogP contribution in [0.3, 0.4) is 0 Å². The van der Waals surface area contributed by atoms with E-state index in [4.69, 9.17) is 14.2 Å². The third kappa shape index (κ3) is 45.8. The molecule has 0 aliphatic heterocycles. The van der Waals surface area contributed by atoms with E-state index in [-0.39, 0.29) is 31.1 Å². The minimum atomic E-state index is -0.787. The van der Waals surface area contributed by atoms with Gasteiger partial charge in [-0.15, -0.1) is 0 Å². The Kier molecular flexibility index (Phi) is 45.0. The van der Waals surface area contributed by atoms with Gasteiger partial charge in [0.05, 0.1) is 0 Å². The Balaban J connectivity index is 4.34. The smallest absolute Gasteiger partial charge is 0.306 e. The van der Waals surface area contributed by atoms with Gasteiger partial charge in [0.2, 0.25) is 0 Å². The van der Waals surface area contributed by atoms with Crippen LogP contribution in [0, 0.1) is 0 Å². The maximum atomic E-state index is 12.7. The number of unbranched alkanes of at least 4 members (excludes halogenated alkanes) is 20. The lowest BCUT2D eigenvalue weighted by molar-refractivity contribution is -0.167. The molecule has 0 aromatic rings. The van der Waals surface area contributed by atoms with Crippen molar-refractivity contribution in [3.8, 4) is 0 Å². The van der Waals surface area contributed by atoms with E-state index in [1.807, 2.05) is 0 Å². The molecule has 0 amide bonds. The van der Waals surface area contributed by atoms with Gasteiger partial charge in [-0.25, -0.2) is 0 Å². The average molecular weight is 823 g/mol. The van der Waals surface area contributed by atoms with Gasteiger partial charge in [-0.2, -0.15) is 0 Å². The topological polar surface area (TPSA) is 78.9 Å². The molecule has 1 unspecified atom stereocenters. The molecule has 0 aromatic heterocycles. The van der Waals surface area contributed by atoms with Crippen molar-refractivity contribution in [2.24, 2.45) is 0 Å². The Morgan fingerprint density at radius 1 is 0.356 bits per heavy atom. The van der Waals surface area contributed by atoms with E-state index in [0.29, 0.717) is 19.3 Å². The molecular formula is C53H90O6. The summed E-state index contributed by atoms with van der Waals surface area (Å²) >= 11 is 0. The van der Waals surface area contributed by atoms with Gasteiger partial charge in [0.15, 0.2) is 6.10 Å². The second-order valence-corrected chi connectivity index (χ2v) is 16.0. The van der Waals surface area contributed by atoms with Crippen molar-refractivity contribution in [3.63, 3.8) is 0 Å². The molecule has 6 nitrogen and oxygen atoms in total. The number of esters is 3. The maximum Gasteiger partial charge on any atom is 0.306 e. The number of carbonyl (C=O) groups is 3. The molecule has 0 aliphatic carbocycles. The van der Waals surface area contributed by atoms with E-state index in [0.717, 1.165) is 96.3 Å². The van der Waals surface area contributed by atoms with E-state index in [1.54, 1.807) is 0 Å². The zero-order chi connectivity index (χ0) is 43.0. The molecule has 0 saturated heterocycles. The van der Waals surface area contributed by atoms with Crippen molar-refractivity contribution < 1.29 is 28.6 Å². The molecule has 0 N–H and O–H groups in total. The Morgan fingerprint density at radius 3 is 1.03 bits per heavy atom. The van der Waals surface area contributed by atoms with Gasteiger partial charge in [-0.05, 0) is 70.6 Å². The van der Waals surface area contributed by atoms with Gasteiger partial charge in [0, 0.05) is 19.3 Å². The maximum absolute atomic E-state index is 12.7. The number of carbonyl (C=O) groups excluding carboxylic acids is 3. The highest BCUT2D eigenvalue weighted by atomic mass is 16.6. The summed E-state index contributed by atoms with van der Waals surface area (Å²) in [5.74, 6) is -0.940. The number of rotatable bonds is 43. The fourth-order valence-electron chi connectivity index (χ4n) is 6.56. The standard InChI is InChI=1S/C53H90O6/c1-4-7-10-13-16-18-20-22-23-24-25-26-27-28-29-31-32-34-37-40-43-46-52(55)58-49-50(48-57-51(54)45-42-39-36-15-12-9-6-3)59-53(56)47-44-41-38-35-33-30-21-19-17-14-11-8-5-2/h7,10,16,18,22-23,25-26,28-29,32,34,50H,4-6,8-9,11-15,17,19-21,24,27,30-31,33,35-49H2,1-3H3/b10-7-,18-16-,23-22-,26-25-,29-28-,34-32-. The first kappa shape index (κ1) is 55.9. The quantitative estimate of drug-likeness (QED) is 0.0264. The van der Waals surface area contributed by atoms with Crippen molar-refractivity contribution in [2.75, 3.05) is 13.2 Å². The fraction of sp³-hybridized carbons (Fsp3) is 0.717. The molecule has 0 heterocycles. The van der Waals surface area contributed by atoms with Crippen molar-refractivity contribution in [1.29, 1.82) is 0 Å². The molecule has 0 rings (SSSR count). The second-order valence-electron chi connectivity index (χ2n) is 16.0. The minimum Gasteiger partial charge on any atom is -0.462 e. The molecule has 0 spiro atoms. The zero-order valence-corrected chi connectivity index (χ0v) is 38.5. The van der Waals surface area contributed by atoms with Gasteiger partial charge in [-0.3, -0.25) is 14.4 Å². The summed E-state index contributed by atoms with van der Waals surface area (Å²) in [6.45, 7) is 6.43. The van der Waals surface area contributed by atoms with Crippen LogP contribution in [0.4, 0.5) is 0 Å². The third-order valence-electron chi connectivity index (χ3n) is 10.2. The van der Waals surface area contributed by atoms with E-state index in [2.05, 4.69) is 93.7 Å². The molecule has 0 radical (unpaired) electrons. The largest absolute Gasteiger partial charge is 0.462 e. The van der Waals surface area contributed by atoms with E-state index >= 15 is 0 Å². The second kappa shape index (κ2) is 47.5. The van der Waals surface area contributed by atoms with Crippen LogP contribution < -0.4 is 0 Å². The van der Waals surface area contributed by atoms with Gasteiger partial charge < -0.3 is 14.2 Å². The van der Waals surface area contributed by atoms with Crippen molar-refractivity contribution >= 4 is 17.9 Å².